The predicted molar refractivity (Wildman–Crippen MR) is 127 cm³/mol. The van der Waals surface area contributed by atoms with Crippen LogP contribution in [0.4, 0.5) is 0 Å². The highest BCUT2D eigenvalue weighted by Gasteiger charge is 2.55. The maximum Gasteiger partial charge on any atom is 0.205 e. The average Bonchev–Trinajstić information content (AvgIpc) is 2.78. The fourth-order valence-electron chi connectivity index (χ4n) is 7.50. The molecule has 2 heteroatoms. The molecule has 5 aliphatic carbocycles. The van der Waals surface area contributed by atoms with E-state index in [0.29, 0.717) is 5.92 Å². The molecule has 0 spiro atoms. The van der Waals surface area contributed by atoms with E-state index in [0.717, 1.165) is 36.0 Å². The van der Waals surface area contributed by atoms with Crippen LogP contribution in [0.15, 0.2) is 36.4 Å². The highest BCUT2D eigenvalue weighted by molar-refractivity contribution is 5.29. The molecule has 4 saturated carbocycles. The highest BCUT2D eigenvalue weighted by atomic mass is 16.7. The molecule has 0 radical (unpaired) electrons. The van der Waals surface area contributed by atoms with E-state index in [1.165, 1.54) is 76.2 Å². The quantitative estimate of drug-likeness (QED) is 0.297. The maximum atomic E-state index is 6.72. The van der Waals surface area contributed by atoms with E-state index in [4.69, 9.17) is 9.47 Å². The second kappa shape index (κ2) is 9.30. The zero-order chi connectivity index (χ0) is 21.3. The SMILES string of the molecule is CCC(C)c1ccc(OC(OCCC2CC=CCC2)C23CC4CC(CC(C4)C2)C3)cc1. The van der Waals surface area contributed by atoms with Gasteiger partial charge in [-0.2, -0.15) is 0 Å². The van der Waals surface area contributed by atoms with E-state index in [2.05, 4.69) is 50.3 Å². The standard InChI is InChI=1S/C29H42O2/c1-3-21(2)26-9-11-27(12-10-26)31-28(30-14-13-22-7-5-4-6-8-22)29-18-23-15-24(19-29)17-25(16-23)20-29/h4-5,9-12,21-25,28H,3,6-8,13-20H2,1-2H3. The van der Waals surface area contributed by atoms with Gasteiger partial charge in [-0.1, -0.05) is 38.1 Å². The van der Waals surface area contributed by atoms with Crippen molar-refractivity contribution < 1.29 is 9.47 Å². The molecule has 3 atom stereocenters. The largest absolute Gasteiger partial charge is 0.464 e. The summed E-state index contributed by atoms with van der Waals surface area (Å²) >= 11 is 0. The molecular weight excluding hydrogens is 380 g/mol. The second-order valence-electron chi connectivity index (χ2n) is 11.4. The summed E-state index contributed by atoms with van der Waals surface area (Å²) in [5, 5.41) is 0. The van der Waals surface area contributed by atoms with Crippen molar-refractivity contribution in [3.05, 3.63) is 42.0 Å². The highest BCUT2D eigenvalue weighted by Crippen LogP contribution is 2.61. The summed E-state index contributed by atoms with van der Waals surface area (Å²) in [5.41, 5.74) is 1.66. The molecule has 2 nitrogen and oxygen atoms in total. The predicted octanol–water partition coefficient (Wildman–Crippen LogP) is 7.88. The molecule has 0 aliphatic heterocycles. The van der Waals surface area contributed by atoms with Crippen molar-refractivity contribution in [1.82, 2.24) is 0 Å². The van der Waals surface area contributed by atoms with Crippen LogP contribution < -0.4 is 4.74 Å². The third-order valence-electron chi connectivity index (χ3n) is 9.06. The zero-order valence-corrected chi connectivity index (χ0v) is 19.7. The normalized spacial score (nSPS) is 35.8. The van der Waals surface area contributed by atoms with E-state index < -0.39 is 0 Å². The average molecular weight is 423 g/mol. The van der Waals surface area contributed by atoms with Crippen LogP contribution >= 0.6 is 0 Å². The van der Waals surface area contributed by atoms with Gasteiger partial charge in [-0.05, 0) is 118 Å². The van der Waals surface area contributed by atoms with E-state index in [9.17, 15) is 0 Å². The molecule has 170 valence electrons. The molecule has 0 saturated heterocycles. The summed E-state index contributed by atoms with van der Waals surface area (Å²) in [4.78, 5) is 0. The van der Waals surface area contributed by atoms with Gasteiger partial charge in [0.1, 0.15) is 5.75 Å². The minimum absolute atomic E-state index is 0.0746. The number of allylic oxidation sites excluding steroid dienone is 2. The first-order valence-corrected chi connectivity index (χ1v) is 13.2. The van der Waals surface area contributed by atoms with Crippen molar-refractivity contribution in [1.29, 1.82) is 0 Å². The fourth-order valence-corrected chi connectivity index (χ4v) is 7.50. The van der Waals surface area contributed by atoms with Crippen LogP contribution in [-0.2, 0) is 4.74 Å². The Hall–Kier alpha value is -1.28. The van der Waals surface area contributed by atoms with Gasteiger partial charge in [0.05, 0.1) is 6.61 Å². The topological polar surface area (TPSA) is 18.5 Å². The Labute approximate surface area is 189 Å². The van der Waals surface area contributed by atoms with Crippen LogP contribution in [0.2, 0.25) is 0 Å². The lowest BCUT2D eigenvalue weighted by atomic mass is 9.49. The molecule has 4 bridgehead atoms. The van der Waals surface area contributed by atoms with E-state index in [1.54, 1.807) is 0 Å². The Kier molecular flexibility index (Phi) is 6.47. The van der Waals surface area contributed by atoms with Crippen molar-refractivity contribution in [2.24, 2.45) is 29.1 Å². The third-order valence-corrected chi connectivity index (χ3v) is 9.06. The molecule has 0 amide bonds. The van der Waals surface area contributed by atoms with Gasteiger partial charge in [0.15, 0.2) is 0 Å². The van der Waals surface area contributed by atoms with Gasteiger partial charge < -0.3 is 9.47 Å². The Morgan fingerprint density at radius 3 is 2.23 bits per heavy atom. The van der Waals surface area contributed by atoms with E-state index >= 15 is 0 Å². The maximum absolute atomic E-state index is 6.72. The lowest BCUT2D eigenvalue weighted by molar-refractivity contribution is -0.216. The van der Waals surface area contributed by atoms with Crippen molar-refractivity contribution in [3.8, 4) is 5.75 Å². The smallest absolute Gasteiger partial charge is 0.205 e. The van der Waals surface area contributed by atoms with Crippen LogP contribution in [0.5, 0.6) is 5.75 Å². The Morgan fingerprint density at radius 1 is 0.968 bits per heavy atom. The molecule has 4 fully saturated rings. The van der Waals surface area contributed by atoms with Crippen LogP contribution in [0.25, 0.3) is 0 Å². The van der Waals surface area contributed by atoms with Gasteiger partial charge in [-0.25, -0.2) is 0 Å². The molecule has 0 heterocycles. The minimum atomic E-state index is -0.0746. The lowest BCUT2D eigenvalue weighted by Crippen LogP contribution is -2.54. The number of benzene rings is 1. The van der Waals surface area contributed by atoms with E-state index in [1.807, 2.05) is 0 Å². The van der Waals surface area contributed by atoms with Gasteiger partial charge >= 0.3 is 0 Å². The third kappa shape index (κ3) is 4.75. The summed E-state index contributed by atoms with van der Waals surface area (Å²) in [6, 6.07) is 8.89. The Morgan fingerprint density at radius 2 is 1.65 bits per heavy atom. The molecular formula is C29H42O2. The molecule has 0 N–H and O–H groups in total. The summed E-state index contributed by atoms with van der Waals surface area (Å²) in [7, 11) is 0. The summed E-state index contributed by atoms with van der Waals surface area (Å²) < 4.78 is 13.4. The fraction of sp³-hybridized carbons (Fsp3) is 0.724. The summed E-state index contributed by atoms with van der Waals surface area (Å²) in [5.74, 6) is 5.13. The molecule has 6 rings (SSSR count). The van der Waals surface area contributed by atoms with Gasteiger partial charge in [0, 0.05) is 5.41 Å². The Bertz CT molecular complexity index is 713. The van der Waals surface area contributed by atoms with Crippen LogP contribution in [-0.4, -0.2) is 12.9 Å². The van der Waals surface area contributed by atoms with Gasteiger partial charge in [-0.3, -0.25) is 0 Å². The van der Waals surface area contributed by atoms with Gasteiger partial charge in [0.2, 0.25) is 6.29 Å². The summed E-state index contributed by atoms with van der Waals surface area (Å²) in [6.07, 6.45) is 19.1. The van der Waals surface area contributed by atoms with Gasteiger partial charge in [0.25, 0.3) is 0 Å². The first kappa shape index (κ1) is 21.6. The van der Waals surface area contributed by atoms with Crippen molar-refractivity contribution in [2.75, 3.05) is 6.61 Å². The van der Waals surface area contributed by atoms with Crippen LogP contribution in [0, 0.1) is 29.1 Å². The minimum Gasteiger partial charge on any atom is -0.464 e. The van der Waals surface area contributed by atoms with Crippen molar-refractivity contribution in [3.63, 3.8) is 0 Å². The molecule has 1 aromatic carbocycles. The first-order chi connectivity index (χ1) is 15.1. The zero-order valence-electron chi connectivity index (χ0n) is 19.7. The van der Waals surface area contributed by atoms with Crippen molar-refractivity contribution in [2.45, 2.75) is 96.7 Å². The van der Waals surface area contributed by atoms with Crippen LogP contribution in [0.1, 0.15) is 96.0 Å². The number of hydrogen-bond donors (Lipinski definition) is 0. The van der Waals surface area contributed by atoms with Crippen molar-refractivity contribution >= 4 is 0 Å². The molecule has 3 unspecified atom stereocenters. The second-order valence-corrected chi connectivity index (χ2v) is 11.4. The molecule has 1 aromatic rings. The first-order valence-electron chi connectivity index (χ1n) is 13.2. The number of ether oxygens (including phenoxy) is 2. The molecule has 0 aromatic heterocycles. The monoisotopic (exact) mass is 422 g/mol. The van der Waals surface area contributed by atoms with E-state index in [-0.39, 0.29) is 11.7 Å². The molecule has 31 heavy (non-hydrogen) atoms. The Balaban J connectivity index is 1.30. The summed E-state index contributed by atoms with van der Waals surface area (Å²) in [6.45, 7) is 5.40. The van der Waals surface area contributed by atoms with Gasteiger partial charge in [-0.15, -0.1) is 0 Å². The number of rotatable bonds is 9. The lowest BCUT2D eigenvalue weighted by Gasteiger charge is -2.58. The van der Waals surface area contributed by atoms with Crippen LogP contribution in [0.3, 0.4) is 0 Å². The number of hydrogen-bond acceptors (Lipinski definition) is 2. The molecule has 5 aliphatic rings.